The first-order chi connectivity index (χ1) is 13.7. The van der Waals surface area contributed by atoms with Gasteiger partial charge in [-0.1, -0.05) is 5.16 Å². The molecular weight excluding hydrogens is 360 g/mol. The van der Waals surface area contributed by atoms with Crippen molar-refractivity contribution in [3.63, 3.8) is 0 Å². The van der Waals surface area contributed by atoms with E-state index in [0.29, 0.717) is 37.2 Å². The third-order valence-corrected chi connectivity index (χ3v) is 5.36. The molecule has 3 aromatic heterocycles. The third kappa shape index (κ3) is 2.90. The molecule has 0 unspecified atom stereocenters. The number of aromatic nitrogens is 3. The van der Waals surface area contributed by atoms with Crippen molar-refractivity contribution in [2.45, 2.75) is 38.8 Å². The largest absolute Gasteiger partial charge is 0.459 e. The van der Waals surface area contributed by atoms with Gasteiger partial charge in [-0.3, -0.25) is 9.78 Å². The number of pyridine rings is 1. The van der Waals surface area contributed by atoms with Crippen molar-refractivity contribution in [2.24, 2.45) is 0 Å². The first-order valence-corrected chi connectivity index (χ1v) is 9.46. The number of rotatable bonds is 3. The Bertz CT molecular complexity index is 1010. The Balaban J connectivity index is 1.45. The van der Waals surface area contributed by atoms with Crippen molar-refractivity contribution >= 4 is 5.91 Å². The van der Waals surface area contributed by atoms with Crippen LogP contribution in [0.5, 0.6) is 0 Å². The first-order valence-electron chi connectivity index (χ1n) is 9.46. The lowest BCUT2D eigenvalue weighted by Crippen LogP contribution is -2.42. The van der Waals surface area contributed by atoms with Crippen molar-refractivity contribution in [3.05, 3.63) is 41.4 Å². The normalized spacial score (nSPS) is 19.0. The average molecular weight is 380 g/mol. The summed E-state index contributed by atoms with van der Waals surface area (Å²) in [5.41, 5.74) is 3.85. The van der Waals surface area contributed by atoms with Gasteiger partial charge in [-0.2, -0.15) is 4.98 Å². The number of fused-ring (bicyclic) bond motifs is 1. The zero-order chi connectivity index (χ0) is 19.1. The molecule has 144 valence electrons. The molecule has 5 rings (SSSR count). The summed E-state index contributed by atoms with van der Waals surface area (Å²) in [6, 6.07) is 3.55. The van der Waals surface area contributed by atoms with E-state index in [1.165, 1.54) is 0 Å². The van der Waals surface area contributed by atoms with Gasteiger partial charge in [0, 0.05) is 37.2 Å². The molecule has 0 aromatic carbocycles. The lowest BCUT2D eigenvalue weighted by Gasteiger charge is -2.31. The summed E-state index contributed by atoms with van der Waals surface area (Å²) in [7, 11) is 0. The number of ether oxygens (including phenoxy) is 1. The second kappa shape index (κ2) is 6.87. The highest BCUT2D eigenvalue weighted by Gasteiger charge is 2.32. The molecule has 1 amide bonds. The third-order valence-electron chi connectivity index (χ3n) is 5.36. The number of furan rings is 1. The minimum atomic E-state index is -0.299. The standard InChI is InChI=1S/C20H20N4O4/c1-12-17(18-22-19(28-23-18)15-4-2-8-26-15)14-6-7-24(11-13(14)10-21-12)20(25)16-5-3-9-27-16/h2,4,8,10,16H,3,5-7,9,11H2,1H3/t16-/m0/s1. The van der Waals surface area contributed by atoms with Crippen LogP contribution in [0.25, 0.3) is 23.0 Å². The van der Waals surface area contributed by atoms with Gasteiger partial charge in [0.05, 0.1) is 6.26 Å². The lowest BCUT2D eigenvalue weighted by atomic mass is 9.94. The molecule has 8 heteroatoms. The Morgan fingerprint density at radius 2 is 2.29 bits per heavy atom. The average Bonchev–Trinajstić information content (AvgIpc) is 3.49. The van der Waals surface area contributed by atoms with Gasteiger partial charge in [0.1, 0.15) is 6.10 Å². The Kier molecular flexibility index (Phi) is 4.20. The quantitative estimate of drug-likeness (QED) is 0.689. The summed E-state index contributed by atoms with van der Waals surface area (Å²) in [6.45, 7) is 3.77. The van der Waals surface area contributed by atoms with Gasteiger partial charge in [0.25, 0.3) is 11.8 Å². The van der Waals surface area contributed by atoms with Crippen molar-refractivity contribution in [3.8, 4) is 23.0 Å². The fourth-order valence-corrected chi connectivity index (χ4v) is 3.94. The van der Waals surface area contributed by atoms with Gasteiger partial charge in [0.2, 0.25) is 5.82 Å². The fraction of sp³-hybridized carbons (Fsp3) is 0.400. The number of nitrogens with zero attached hydrogens (tertiary/aromatic N) is 4. The summed E-state index contributed by atoms with van der Waals surface area (Å²) in [6.07, 6.45) is 5.58. The molecule has 5 heterocycles. The highest BCUT2D eigenvalue weighted by atomic mass is 16.5. The molecule has 0 N–H and O–H groups in total. The molecule has 1 atom stereocenters. The molecule has 8 nitrogen and oxygen atoms in total. The highest BCUT2D eigenvalue weighted by molar-refractivity contribution is 5.81. The number of aryl methyl sites for hydroxylation is 1. The lowest BCUT2D eigenvalue weighted by molar-refractivity contribution is -0.141. The predicted octanol–water partition coefficient (Wildman–Crippen LogP) is 2.76. The molecule has 1 fully saturated rings. The molecule has 2 aliphatic heterocycles. The van der Waals surface area contributed by atoms with Gasteiger partial charge >= 0.3 is 0 Å². The molecule has 3 aromatic rings. The maximum Gasteiger partial charge on any atom is 0.293 e. The van der Waals surface area contributed by atoms with E-state index in [-0.39, 0.29) is 12.0 Å². The summed E-state index contributed by atoms with van der Waals surface area (Å²) < 4.78 is 16.3. The fourth-order valence-electron chi connectivity index (χ4n) is 3.94. The van der Waals surface area contributed by atoms with E-state index in [1.807, 2.05) is 18.0 Å². The molecule has 0 saturated carbocycles. The van der Waals surface area contributed by atoms with Crippen molar-refractivity contribution < 1.29 is 18.5 Å². The SMILES string of the molecule is Cc1ncc2c(c1-c1noc(-c3ccco3)n1)CCN(C(=O)[C@@H]1CCCO1)C2. The minimum absolute atomic E-state index is 0.0740. The molecular formula is C20H20N4O4. The van der Waals surface area contributed by atoms with Gasteiger partial charge < -0.3 is 18.6 Å². The van der Waals surface area contributed by atoms with E-state index in [2.05, 4.69) is 15.1 Å². The van der Waals surface area contributed by atoms with E-state index < -0.39 is 0 Å². The van der Waals surface area contributed by atoms with Crippen LogP contribution < -0.4 is 0 Å². The van der Waals surface area contributed by atoms with Crippen LogP contribution in [0, 0.1) is 6.92 Å². The maximum absolute atomic E-state index is 12.7. The molecule has 0 bridgehead atoms. The van der Waals surface area contributed by atoms with Gasteiger partial charge in [-0.05, 0) is 49.4 Å². The van der Waals surface area contributed by atoms with Crippen LogP contribution in [0.3, 0.4) is 0 Å². The number of hydrogen-bond donors (Lipinski definition) is 0. The van der Waals surface area contributed by atoms with Crippen LogP contribution in [0.15, 0.2) is 33.5 Å². The van der Waals surface area contributed by atoms with Crippen LogP contribution in [0.4, 0.5) is 0 Å². The van der Waals surface area contributed by atoms with Crippen molar-refractivity contribution in [2.75, 3.05) is 13.2 Å². The Labute approximate surface area is 161 Å². The van der Waals surface area contributed by atoms with Crippen LogP contribution in [-0.2, 0) is 22.5 Å². The van der Waals surface area contributed by atoms with Crippen LogP contribution in [-0.4, -0.2) is 45.2 Å². The first kappa shape index (κ1) is 17.1. The molecule has 2 aliphatic rings. The van der Waals surface area contributed by atoms with E-state index in [1.54, 1.807) is 18.4 Å². The topological polar surface area (TPSA) is 94.5 Å². The van der Waals surface area contributed by atoms with E-state index in [0.717, 1.165) is 41.6 Å². The molecule has 28 heavy (non-hydrogen) atoms. The smallest absolute Gasteiger partial charge is 0.293 e. The second-order valence-electron chi connectivity index (χ2n) is 7.13. The van der Waals surface area contributed by atoms with Gasteiger partial charge in [0.15, 0.2) is 5.76 Å². The van der Waals surface area contributed by atoms with E-state index in [9.17, 15) is 4.79 Å². The van der Waals surface area contributed by atoms with E-state index >= 15 is 0 Å². The molecule has 1 saturated heterocycles. The summed E-state index contributed by atoms with van der Waals surface area (Å²) in [5, 5.41) is 4.14. The van der Waals surface area contributed by atoms with Crippen LogP contribution in [0.2, 0.25) is 0 Å². The number of carbonyl (C=O) groups is 1. The summed E-state index contributed by atoms with van der Waals surface area (Å²) >= 11 is 0. The zero-order valence-electron chi connectivity index (χ0n) is 15.6. The number of amides is 1. The van der Waals surface area contributed by atoms with Crippen LogP contribution in [0.1, 0.15) is 29.7 Å². The number of hydrogen-bond acceptors (Lipinski definition) is 7. The minimum Gasteiger partial charge on any atom is -0.459 e. The maximum atomic E-state index is 12.7. The monoisotopic (exact) mass is 380 g/mol. The van der Waals surface area contributed by atoms with Crippen molar-refractivity contribution in [1.29, 1.82) is 0 Å². The highest BCUT2D eigenvalue weighted by Crippen LogP contribution is 2.32. The number of carbonyl (C=O) groups excluding carboxylic acids is 1. The van der Waals surface area contributed by atoms with Gasteiger partial charge in [-0.25, -0.2) is 0 Å². The van der Waals surface area contributed by atoms with Crippen molar-refractivity contribution in [1.82, 2.24) is 20.0 Å². The zero-order valence-corrected chi connectivity index (χ0v) is 15.6. The molecule has 0 aliphatic carbocycles. The Morgan fingerprint density at radius 1 is 1.36 bits per heavy atom. The Morgan fingerprint density at radius 3 is 3.07 bits per heavy atom. The second-order valence-corrected chi connectivity index (χ2v) is 7.13. The van der Waals surface area contributed by atoms with E-state index in [4.69, 9.17) is 13.7 Å². The Hall–Kier alpha value is -3.00. The summed E-state index contributed by atoms with van der Waals surface area (Å²) in [4.78, 5) is 23.6. The molecule has 0 radical (unpaired) electrons. The summed E-state index contributed by atoms with van der Waals surface area (Å²) in [5.74, 6) is 1.43. The predicted molar refractivity (Wildman–Crippen MR) is 98.1 cm³/mol. The molecule has 0 spiro atoms. The van der Waals surface area contributed by atoms with Crippen LogP contribution >= 0.6 is 0 Å². The van der Waals surface area contributed by atoms with Gasteiger partial charge in [-0.15, -0.1) is 0 Å².